The molecule has 1 aromatic heterocycles. The highest BCUT2D eigenvalue weighted by molar-refractivity contribution is 5.93. The Hall–Kier alpha value is -1.65. The zero-order valence-electron chi connectivity index (χ0n) is 13.3. The lowest BCUT2D eigenvalue weighted by Gasteiger charge is -2.36. The molecule has 0 aromatic carbocycles. The van der Waals surface area contributed by atoms with Gasteiger partial charge in [0.25, 0.3) is 0 Å². The van der Waals surface area contributed by atoms with Crippen molar-refractivity contribution < 1.29 is 9.53 Å². The molecule has 1 aliphatic rings. The van der Waals surface area contributed by atoms with E-state index in [9.17, 15) is 4.79 Å². The van der Waals surface area contributed by atoms with Crippen molar-refractivity contribution in [3.63, 3.8) is 0 Å². The minimum atomic E-state index is -0.490. The van der Waals surface area contributed by atoms with Gasteiger partial charge in [0.1, 0.15) is 17.2 Å². The van der Waals surface area contributed by atoms with Gasteiger partial charge in [-0.3, -0.25) is 0 Å². The Kier molecular flexibility index (Phi) is 4.49. The van der Waals surface area contributed by atoms with Crippen LogP contribution in [0.25, 0.3) is 0 Å². The van der Waals surface area contributed by atoms with E-state index in [1.807, 2.05) is 0 Å². The molecule has 1 aromatic rings. The topological polar surface area (TPSA) is 78.1 Å². The minimum Gasteiger partial charge on any atom is -0.465 e. The Morgan fingerprint density at radius 3 is 2.38 bits per heavy atom. The quantitative estimate of drug-likeness (QED) is 0.847. The number of methoxy groups -OCH3 is 1. The van der Waals surface area contributed by atoms with Crippen molar-refractivity contribution in [3.8, 4) is 0 Å². The molecule has 0 aliphatic heterocycles. The number of carbonyl (C=O) groups is 1. The summed E-state index contributed by atoms with van der Waals surface area (Å²) < 4.78 is 4.66. The lowest BCUT2D eigenvalue weighted by atomic mass is 9.70. The van der Waals surface area contributed by atoms with Crippen LogP contribution in [0.3, 0.4) is 0 Å². The fourth-order valence-corrected chi connectivity index (χ4v) is 3.09. The van der Waals surface area contributed by atoms with Crippen molar-refractivity contribution in [3.05, 3.63) is 17.6 Å². The summed E-state index contributed by atoms with van der Waals surface area (Å²) in [6.45, 7) is 6.91. The van der Waals surface area contributed by atoms with E-state index in [0.29, 0.717) is 11.3 Å². The molecule has 116 valence electrons. The molecule has 0 amide bonds. The van der Waals surface area contributed by atoms with E-state index in [-0.39, 0.29) is 11.4 Å². The van der Waals surface area contributed by atoms with Crippen LogP contribution in [0.15, 0.2) is 6.20 Å². The van der Waals surface area contributed by atoms with Gasteiger partial charge in [-0.25, -0.2) is 14.8 Å². The summed E-state index contributed by atoms with van der Waals surface area (Å²) in [6, 6.07) is 0. The molecular formula is C16H25N3O2. The molecule has 2 N–H and O–H groups in total. The summed E-state index contributed by atoms with van der Waals surface area (Å²) in [5, 5.41) is 0. The highest BCUT2D eigenvalue weighted by Crippen LogP contribution is 2.42. The van der Waals surface area contributed by atoms with Crippen LogP contribution in [-0.4, -0.2) is 23.0 Å². The first-order valence-corrected chi connectivity index (χ1v) is 7.53. The second kappa shape index (κ2) is 6.00. The van der Waals surface area contributed by atoms with Gasteiger partial charge in [-0.2, -0.15) is 0 Å². The lowest BCUT2D eigenvalue weighted by molar-refractivity contribution is 0.0601. The van der Waals surface area contributed by atoms with Gasteiger partial charge >= 0.3 is 5.97 Å². The summed E-state index contributed by atoms with van der Waals surface area (Å²) in [7, 11) is 1.32. The molecule has 1 aliphatic carbocycles. The first kappa shape index (κ1) is 15.7. The number of nitrogens with zero attached hydrogens (tertiary/aromatic N) is 2. The first-order chi connectivity index (χ1) is 9.82. The van der Waals surface area contributed by atoms with E-state index in [0.717, 1.165) is 24.6 Å². The van der Waals surface area contributed by atoms with Crippen molar-refractivity contribution in [2.24, 2.45) is 11.3 Å². The van der Waals surface area contributed by atoms with E-state index in [1.165, 1.54) is 26.1 Å². The standard InChI is InChI=1S/C16H25N3O2/c1-16(2,3)11-7-5-10(6-8-11)14-18-9-12(13(17)19-14)15(20)21-4/h9-11H,5-8H2,1-4H3,(H2,17,18,19). The number of nitrogen functional groups attached to an aromatic ring is 1. The van der Waals surface area contributed by atoms with Crippen LogP contribution in [0, 0.1) is 11.3 Å². The molecule has 0 atom stereocenters. The van der Waals surface area contributed by atoms with Crippen molar-refractivity contribution in [2.75, 3.05) is 12.8 Å². The summed E-state index contributed by atoms with van der Waals surface area (Å²) >= 11 is 0. The van der Waals surface area contributed by atoms with Crippen LogP contribution in [0.2, 0.25) is 0 Å². The summed E-state index contributed by atoms with van der Waals surface area (Å²) in [5.41, 5.74) is 6.45. The maximum atomic E-state index is 11.5. The van der Waals surface area contributed by atoms with Crippen LogP contribution in [0.1, 0.15) is 68.6 Å². The number of carbonyl (C=O) groups excluding carboxylic acids is 1. The van der Waals surface area contributed by atoms with E-state index in [1.54, 1.807) is 0 Å². The van der Waals surface area contributed by atoms with Gasteiger partial charge in [-0.05, 0) is 37.0 Å². The Balaban J connectivity index is 2.08. The van der Waals surface area contributed by atoms with E-state index >= 15 is 0 Å². The molecule has 0 bridgehead atoms. The van der Waals surface area contributed by atoms with Crippen LogP contribution < -0.4 is 5.73 Å². The molecule has 1 saturated carbocycles. The number of ether oxygens (including phenoxy) is 1. The minimum absolute atomic E-state index is 0.213. The Bertz CT molecular complexity index is 515. The van der Waals surface area contributed by atoms with E-state index in [4.69, 9.17) is 5.73 Å². The normalized spacial score (nSPS) is 22.9. The van der Waals surface area contributed by atoms with Crippen LogP contribution in [-0.2, 0) is 4.74 Å². The molecule has 0 radical (unpaired) electrons. The van der Waals surface area contributed by atoms with Gasteiger partial charge < -0.3 is 10.5 Å². The maximum absolute atomic E-state index is 11.5. The predicted octanol–water partition coefficient (Wildman–Crippen LogP) is 3.17. The number of rotatable bonds is 2. The highest BCUT2D eigenvalue weighted by atomic mass is 16.5. The molecular weight excluding hydrogens is 266 g/mol. The number of nitrogens with two attached hydrogens (primary N) is 1. The lowest BCUT2D eigenvalue weighted by Crippen LogP contribution is -2.26. The van der Waals surface area contributed by atoms with E-state index in [2.05, 4.69) is 35.5 Å². The fraction of sp³-hybridized carbons (Fsp3) is 0.688. The third-order valence-electron chi connectivity index (χ3n) is 4.56. The van der Waals surface area contributed by atoms with Gasteiger partial charge in [0, 0.05) is 12.1 Å². The average Bonchev–Trinajstić information content (AvgIpc) is 2.45. The van der Waals surface area contributed by atoms with Crippen molar-refractivity contribution in [1.29, 1.82) is 0 Å². The summed E-state index contributed by atoms with van der Waals surface area (Å²) in [4.78, 5) is 20.1. The molecule has 0 spiro atoms. The molecule has 0 unspecified atom stereocenters. The van der Waals surface area contributed by atoms with Gasteiger partial charge in [0.2, 0.25) is 0 Å². The highest BCUT2D eigenvalue weighted by Gasteiger charge is 2.31. The smallest absolute Gasteiger partial charge is 0.343 e. The SMILES string of the molecule is COC(=O)c1cnc(C2CCC(C(C)(C)C)CC2)nc1N. The third-order valence-corrected chi connectivity index (χ3v) is 4.56. The van der Waals surface area contributed by atoms with Crippen molar-refractivity contribution in [1.82, 2.24) is 9.97 Å². The largest absolute Gasteiger partial charge is 0.465 e. The summed E-state index contributed by atoms with van der Waals surface area (Å²) in [6.07, 6.45) is 6.03. The molecule has 21 heavy (non-hydrogen) atoms. The third kappa shape index (κ3) is 3.52. The van der Waals surface area contributed by atoms with Gasteiger partial charge in [0.05, 0.1) is 7.11 Å². The average molecular weight is 291 g/mol. The monoisotopic (exact) mass is 291 g/mol. The van der Waals surface area contributed by atoms with Crippen LogP contribution in [0.5, 0.6) is 0 Å². The molecule has 5 nitrogen and oxygen atoms in total. The number of anilines is 1. The Morgan fingerprint density at radius 2 is 1.90 bits per heavy atom. The summed E-state index contributed by atoms with van der Waals surface area (Å²) in [5.74, 6) is 1.57. The van der Waals surface area contributed by atoms with Gasteiger partial charge in [0.15, 0.2) is 0 Å². The molecule has 0 saturated heterocycles. The van der Waals surface area contributed by atoms with Crippen LogP contribution >= 0.6 is 0 Å². The predicted molar refractivity (Wildman–Crippen MR) is 81.9 cm³/mol. The Morgan fingerprint density at radius 1 is 1.29 bits per heavy atom. The van der Waals surface area contributed by atoms with Crippen molar-refractivity contribution >= 4 is 11.8 Å². The van der Waals surface area contributed by atoms with Gasteiger partial charge in [-0.15, -0.1) is 0 Å². The fourth-order valence-electron chi connectivity index (χ4n) is 3.09. The first-order valence-electron chi connectivity index (χ1n) is 7.53. The molecule has 1 fully saturated rings. The molecule has 2 rings (SSSR count). The molecule has 1 heterocycles. The van der Waals surface area contributed by atoms with Gasteiger partial charge in [-0.1, -0.05) is 20.8 Å². The molecule has 5 heteroatoms. The zero-order chi connectivity index (χ0) is 15.6. The van der Waals surface area contributed by atoms with Crippen LogP contribution in [0.4, 0.5) is 5.82 Å². The number of aromatic nitrogens is 2. The second-order valence-electron chi connectivity index (χ2n) is 6.93. The van der Waals surface area contributed by atoms with Crippen molar-refractivity contribution in [2.45, 2.75) is 52.4 Å². The number of hydrogen-bond donors (Lipinski definition) is 1. The number of hydrogen-bond acceptors (Lipinski definition) is 5. The zero-order valence-corrected chi connectivity index (χ0v) is 13.3. The Labute approximate surface area is 126 Å². The maximum Gasteiger partial charge on any atom is 0.343 e. The van der Waals surface area contributed by atoms with E-state index < -0.39 is 5.97 Å². The second-order valence-corrected chi connectivity index (χ2v) is 6.93. The number of esters is 1.